The summed E-state index contributed by atoms with van der Waals surface area (Å²) in [5.74, 6) is -0.0380. The van der Waals surface area contributed by atoms with Gasteiger partial charge in [0, 0.05) is 24.0 Å². The largest absolute Gasteiger partial charge is 0.505 e. The molecule has 7 heteroatoms. The van der Waals surface area contributed by atoms with Crippen LogP contribution in [0.5, 0.6) is 11.5 Å². The van der Waals surface area contributed by atoms with E-state index >= 15 is 0 Å². The van der Waals surface area contributed by atoms with Gasteiger partial charge in [-0.15, -0.1) is 0 Å². The Morgan fingerprint density at radius 1 is 1.44 bits per heavy atom. The minimum absolute atomic E-state index is 0.0519. The van der Waals surface area contributed by atoms with Crippen LogP contribution in [0.1, 0.15) is 35.5 Å². The standard InChI is InChI=1S/C18H20N4O3/c1-12(2)22-15(5-6-19)18-13(4-3-7-21-18)11-25-17-9-20-8-16(24)14(17)10-23/h3-10,12,19,22,24H,11H2,1-2H3/b15-5-,19-6?. The van der Waals surface area contributed by atoms with Crippen LogP contribution in [0.4, 0.5) is 0 Å². The topological polar surface area (TPSA) is 108 Å². The van der Waals surface area contributed by atoms with Crippen LogP contribution in [-0.2, 0) is 6.61 Å². The molecule has 7 nitrogen and oxygen atoms in total. The molecule has 0 saturated heterocycles. The van der Waals surface area contributed by atoms with E-state index in [4.69, 9.17) is 10.1 Å². The quantitative estimate of drug-likeness (QED) is 0.503. The number of ether oxygens (including phenoxy) is 1. The molecule has 2 heterocycles. The molecule has 3 N–H and O–H groups in total. The Labute approximate surface area is 145 Å². The Hall–Kier alpha value is -3.22. The fraction of sp³-hybridized carbons (Fsp3) is 0.222. The molecule has 2 aromatic rings. The molecule has 0 aromatic carbocycles. The summed E-state index contributed by atoms with van der Waals surface area (Å²) in [6.45, 7) is 4.11. The van der Waals surface area contributed by atoms with Gasteiger partial charge in [-0.2, -0.15) is 0 Å². The number of hydrogen-bond donors (Lipinski definition) is 3. The Balaban J connectivity index is 2.30. The average Bonchev–Trinajstić information content (AvgIpc) is 2.59. The van der Waals surface area contributed by atoms with Gasteiger partial charge in [-0.3, -0.25) is 14.8 Å². The Bertz CT molecular complexity index is 788. The molecule has 2 aromatic heterocycles. The van der Waals surface area contributed by atoms with Crippen molar-refractivity contribution in [2.45, 2.75) is 26.5 Å². The minimum atomic E-state index is -0.232. The van der Waals surface area contributed by atoms with Gasteiger partial charge in [0.2, 0.25) is 0 Å². The van der Waals surface area contributed by atoms with Crippen molar-refractivity contribution in [3.05, 3.63) is 53.6 Å². The highest BCUT2D eigenvalue weighted by Gasteiger charge is 2.13. The lowest BCUT2D eigenvalue weighted by Gasteiger charge is -2.17. The third-order valence-electron chi connectivity index (χ3n) is 3.27. The molecule has 2 rings (SSSR count). The molecule has 0 aliphatic rings. The van der Waals surface area contributed by atoms with Gasteiger partial charge in [0.15, 0.2) is 12.0 Å². The Kier molecular flexibility index (Phi) is 6.22. The van der Waals surface area contributed by atoms with E-state index in [9.17, 15) is 9.90 Å². The number of nitrogens with zero attached hydrogens (tertiary/aromatic N) is 2. The number of nitrogens with one attached hydrogen (secondary N) is 2. The molecule has 0 atom stereocenters. The summed E-state index contributed by atoms with van der Waals surface area (Å²) in [7, 11) is 0. The van der Waals surface area contributed by atoms with Crippen molar-refractivity contribution in [3.63, 3.8) is 0 Å². The van der Waals surface area contributed by atoms with E-state index in [1.54, 1.807) is 18.3 Å². The van der Waals surface area contributed by atoms with Crippen LogP contribution >= 0.6 is 0 Å². The zero-order valence-corrected chi connectivity index (χ0v) is 14.1. The summed E-state index contributed by atoms with van der Waals surface area (Å²) >= 11 is 0. The number of aromatic hydroxyl groups is 1. The van der Waals surface area contributed by atoms with Crippen LogP contribution in [0.3, 0.4) is 0 Å². The van der Waals surface area contributed by atoms with E-state index in [-0.39, 0.29) is 29.7 Å². The molecule has 0 aliphatic heterocycles. The van der Waals surface area contributed by atoms with Crippen LogP contribution in [0.2, 0.25) is 0 Å². The molecule has 0 bridgehead atoms. The molecule has 130 valence electrons. The maximum Gasteiger partial charge on any atom is 0.157 e. The van der Waals surface area contributed by atoms with Crippen LogP contribution in [0.25, 0.3) is 5.70 Å². The molecule has 0 unspecified atom stereocenters. The van der Waals surface area contributed by atoms with E-state index in [0.29, 0.717) is 17.7 Å². The molecule has 0 spiro atoms. The number of aldehydes is 1. The van der Waals surface area contributed by atoms with Gasteiger partial charge in [-0.1, -0.05) is 6.07 Å². The lowest BCUT2D eigenvalue weighted by molar-refractivity contribution is 0.111. The normalized spacial score (nSPS) is 11.2. The second-order valence-corrected chi connectivity index (χ2v) is 5.53. The first-order valence-electron chi connectivity index (χ1n) is 7.73. The average molecular weight is 340 g/mol. The lowest BCUT2D eigenvalue weighted by Crippen LogP contribution is -2.22. The number of rotatable bonds is 8. The highest BCUT2D eigenvalue weighted by molar-refractivity contribution is 5.83. The minimum Gasteiger partial charge on any atom is -0.505 e. The Morgan fingerprint density at radius 3 is 2.92 bits per heavy atom. The molecule has 25 heavy (non-hydrogen) atoms. The first-order valence-corrected chi connectivity index (χ1v) is 7.73. The molecule has 0 radical (unpaired) electrons. The summed E-state index contributed by atoms with van der Waals surface area (Å²) in [4.78, 5) is 19.3. The fourth-order valence-electron chi connectivity index (χ4n) is 2.22. The van der Waals surface area contributed by atoms with Crippen molar-refractivity contribution in [2.75, 3.05) is 0 Å². The highest BCUT2D eigenvalue weighted by Crippen LogP contribution is 2.25. The van der Waals surface area contributed by atoms with Gasteiger partial charge in [0.25, 0.3) is 0 Å². The Morgan fingerprint density at radius 2 is 2.24 bits per heavy atom. The first kappa shape index (κ1) is 18.1. The molecule has 0 saturated carbocycles. The van der Waals surface area contributed by atoms with E-state index in [1.807, 2.05) is 19.9 Å². The smallest absolute Gasteiger partial charge is 0.157 e. The molecule has 0 aliphatic carbocycles. The zero-order valence-electron chi connectivity index (χ0n) is 14.1. The van der Waals surface area contributed by atoms with E-state index in [0.717, 1.165) is 5.56 Å². The van der Waals surface area contributed by atoms with Crippen molar-refractivity contribution in [1.82, 2.24) is 15.3 Å². The zero-order chi connectivity index (χ0) is 18.2. The van der Waals surface area contributed by atoms with Crippen LogP contribution in [-0.4, -0.2) is 33.6 Å². The number of hydrogen-bond acceptors (Lipinski definition) is 7. The predicted molar refractivity (Wildman–Crippen MR) is 94.9 cm³/mol. The maximum absolute atomic E-state index is 11.1. The SMILES string of the molecule is CC(C)N/C(=C\C=N)c1ncccc1COc1cncc(O)c1C=O. The molecule has 0 amide bonds. The fourth-order valence-corrected chi connectivity index (χ4v) is 2.22. The van der Waals surface area contributed by atoms with Crippen molar-refractivity contribution in [1.29, 1.82) is 5.41 Å². The van der Waals surface area contributed by atoms with Crippen LogP contribution in [0.15, 0.2) is 36.8 Å². The van der Waals surface area contributed by atoms with Gasteiger partial charge in [-0.25, -0.2) is 0 Å². The summed E-state index contributed by atoms with van der Waals surface area (Å²) in [6.07, 6.45) is 7.55. The van der Waals surface area contributed by atoms with Gasteiger partial charge < -0.3 is 20.6 Å². The molecular formula is C18H20N4O3. The third kappa shape index (κ3) is 4.63. The van der Waals surface area contributed by atoms with Gasteiger partial charge in [-0.05, 0) is 26.0 Å². The summed E-state index contributed by atoms with van der Waals surface area (Å²) < 4.78 is 5.66. The number of allylic oxidation sites excluding steroid dienone is 1. The third-order valence-corrected chi connectivity index (χ3v) is 3.27. The second kappa shape index (κ2) is 8.58. The van der Waals surface area contributed by atoms with Gasteiger partial charge >= 0.3 is 0 Å². The van der Waals surface area contributed by atoms with Gasteiger partial charge in [0.05, 0.1) is 23.8 Å². The van der Waals surface area contributed by atoms with Crippen molar-refractivity contribution >= 4 is 18.2 Å². The monoisotopic (exact) mass is 340 g/mol. The predicted octanol–water partition coefficient (Wildman–Crippen LogP) is 2.56. The first-order chi connectivity index (χ1) is 12.1. The summed E-state index contributed by atoms with van der Waals surface area (Å²) in [5.41, 5.74) is 2.18. The number of aromatic nitrogens is 2. The lowest BCUT2D eigenvalue weighted by atomic mass is 10.1. The van der Waals surface area contributed by atoms with Crippen molar-refractivity contribution in [3.8, 4) is 11.5 Å². The number of carbonyl (C=O) groups excluding carboxylic acids is 1. The van der Waals surface area contributed by atoms with Crippen LogP contribution < -0.4 is 10.1 Å². The van der Waals surface area contributed by atoms with E-state index in [1.165, 1.54) is 18.6 Å². The second-order valence-electron chi connectivity index (χ2n) is 5.53. The van der Waals surface area contributed by atoms with E-state index in [2.05, 4.69) is 15.3 Å². The molecular weight excluding hydrogens is 320 g/mol. The van der Waals surface area contributed by atoms with Gasteiger partial charge in [0.1, 0.15) is 17.9 Å². The van der Waals surface area contributed by atoms with E-state index < -0.39 is 0 Å². The van der Waals surface area contributed by atoms with Crippen molar-refractivity contribution < 1.29 is 14.6 Å². The molecule has 0 fully saturated rings. The number of pyridine rings is 2. The summed E-state index contributed by atoms with van der Waals surface area (Å²) in [5, 5.41) is 20.3. The van der Waals surface area contributed by atoms with Crippen molar-refractivity contribution in [2.24, 2.45) is 0 Å². The van der Waals surface area contributed by atoms with Crippen LogP contribution in [0, 0.1) is 5.41 Å². The summed E-state index contributed by atoms with van der Waals surface area (Å²) in [6, 6.07) is 3.79. The maximum atomic E-state index is 11.1. The highest BCUT2D eigenvalue weighted by atomic mass is 16.5. The number of carbonyl (C=O) groups is 1.